The summed E-state index contributed by atoms with van der Waals surface area (Å²) in [6, 6.07) is 5.15. The van der Waals surface area contributed by atoms with E-state index in [2.05, 4.69) is 17.0 Å². The summed E-state index contributed by atoms with van der Waals surface area (Å²) in [6.07, 6.45) is 10.3. The Morgan fingerprint density at radius 1 is 1.11 bits per heavy atom. The van der Waals surface area contributed by atoms with Crippen molar-refractivity contribution in [2.45, 2.75) is 57.4 Å². The summed E-state index contributed by atoms with van der Waals surface area (Å²) < 4.78 is 0. The summed E-state index contributed by atoms with van der Waals surface area (Å²) in [5, 5.41) is 0. The second-order valence-corrected chi connectivity index (χ2v) is 6.18. The number of rotatable bonds is 4. The normalized spacial score (nSPS) is 19.4. The van der Waals surface area contributed by atoms with Crippen molar-refractivity contribution in [3.8, 4) is 0 Å². The summed E-state index contributed by atoms with van der Waals surface area (Å²) in [5.41, 5.74) is 2.78. The molecule has 0 unspecified atom stereocenters. The number of nitrogens with zero attached hydrogens (tertiary/aromatic N) is 2. The highest BCUT2D eigenvalue weighted by molar-refractivity contribution is 6.18. The smallest absolute Gasteiger partial charge is 0.129 e. The number of fused-ring (bicyclic) bond motifs is 1. The zero-order chi connectivity index (χ0) is 13.1. The van der Waals surface area contributed by atoms with Gasteiger partial charge in [-0.25, -0.2) is 4.98 Å². The van der Waals surface area contributed by atoms with Gasteiger partial charge >= 0.3 is 0 Å². The standard InChI is InChI=1S/C16H23ClN2/c17-11-12-19(14-6-2-1-3-7-14)16-10-9-13-5-4-8-15(13)18-16/h9-10,14H,1-8,11-12H2. The van der Waals surface area contributed by atoms with Gasteiger partial charge in [0.1, 0.15) is 5.82 Å². The molecule has 2 nitrogen and oxygen atoms in total. The molecule has 3 heteroatoms. The average molecular weight is 279 g/mol. The lowest BCUT2D eigenvalue weighted by Gasteiger charge is -2.35. The van der Waals surface area contributed by atoms with Crippen LogP contribution in [0.1, 0.15) is 49.8 Å². The summed E-state index contributed by atoms with van der Waals surface area (Å²) in [6.45, 7) is 0.929. The zero-order valence-electron chi connectivity index (χ0n) is 11.6. The maximum atomic E-state index is 6.01. The number of hydrogen-bond donors (Lipinski definition) is 0. The first-order valence-electron chi connectivity index (χ1n) is 7.70. The second-order valence-electron chi connectivity index (χ2n) is 5.80. The highest BCUT2D eigenvalue weighted by Crippen LogP contribution is 2.29. The van der Waals surface area contributed by atoms with E-state index in [-0.39, 0.29) is 0 Å². The molecule has 0 saturated heterocycles. The van der Waals surface area contributed by atoms with Gasteiger partial charge < -0.3 is 4.90 Å². The van der Waals surface area contributed by atoms with Gasteiger partial charge in [-0.15, -0.1) is 11.6 Å². The van der Waals surface area contributed by atoms with Crippen LogP contribution in [-0.4, -0.2) is 23.5 Å². The molecule has 1 aromatic rings. The minimum atomic E-state index is 0.652. The van der Waals surface area contributed by atoms with Gasteiger partial charge in [0, 0.05) is 24.2 Å². The van der Waals surface area contributed by atoms with Crippen LogP contribution >= 0.6 is 11.6 Å². The molecule has 0 aliphatic heterocycles. The lowest BCUT2D eigenvalue weighted by Crippen LogP contribution is -2.39. The topological polar surface area (TPSA) is 16.1 Å². The van der Waals surface area contributed by atoms with E-state index in [1.54, 1.807) is 0 Å². The van der Waals surface area contributed by atoms with Crippen LogP contribution in [0.2, 0.25) is 0 Å². The van der Waals surface area contributed by atoms with Crippen molar-refractivity contribution in [2.75, 3.05) is 17.3 Å². The van der Waals surface area contributed by atoms with Crippen LogP contribution in [0.15, 0.2) is 12.1 Å². The summed E-state index contributed by atoms with van der Waals surface area (Å²) >= 11 is 6.01. The highest BCUT2D eigenvalue weighted by atomic mass is 35.5. The molecule has 0 bridgehead atoms. The summed E-state index contributed by atoms with van der Waals surface area (Å²) in [4.78, 5) is 7.38. The lowest BCUT2D eigenvalue weighted by molar-refractivity contribution is 0.416. The molecule has 2 aliphatic rings. The third-order valence-electron chi connectivity index (χ3n) is 4.55. The molecule has 0 aromatic carbocycles. The third-order valence-corrected chi connectivity index (χ3v) is 4.72. The Morgan fingerprint density at radius 3 is 2.74 bits per heavy atom. The van der Waals surface area contributed by atoms with Gasteiger partial charge in [0.15, 0.2) is 0 Å². The predicted octanol–water partition coefficient (Wildman–Crippen LogP) is 3.95. The number of pyridine rings is 1. The molecule has 0 radical (unpaired) electrons. The molecule has 19 heavy (non-hydrogen) atoms. The van der Waals surface area contributed by atoms with Crippen LogP contribution in [0.4, 0.5) is 5.82 Å². The van der Waals surface area contributed by atoms with E-state index < -0.39 is 0 Å². The molecule has 0 spiro atoms. The molecule has 1 aromatic heterocycles. The van der Waals surface area contributed by atoms with Gasteiger partial charge in [-0.2, -0.15) is 0 Å². The van der Waals surface area contributed by atoms with Crippen molar-refractivity contribution in [3.05, 3.63) is 23.4 Å². The Bertz CT molecular complexity index is 427. The van der Waals surface area contributed by atoms with E-state index in [0.29, 0.717) is 11.9 Å². The van der Waals surface area contributed by atoms with E-state index in [9.17, 15) is 0 Å². The SMILES string of the molecule is ClCCN(c1ccc2c(n1)CCC2)C1CCCCC1. The van der Waals surface area contributed by atoms with Gasteiger partial charge in [0.2, 0.25) is 0 Å². The molecular formula is C16H23ClN2. The molecule has 0 amide bonds. The van der Waals surface area contributed by atoms with Gasteiger partial charge in [-0.05, 0) is 43.7 Å². The molecule has 3 rings (SSSR count). The first-order chi connectivity index (χ1) is 9.38. The first-order valence-corrected chi connectivity index (χ1v) is 8.23. The summed E-state index contributed by atoms with van der Waals surface area (Å²) in [7, 11) is 0. The first kappa shape index (κ1) is 13.2. The third kappa shape index (κ3) is 2.89. The minimum Gasteiger partial charge on any atom is -0.352 e. The van der Waals surface area contributed by atoms with Crippen molar-refractivity contribution >= 4 is 17.4 Å². The van der Waals surface area contributed by atoms with Gasteiger partial charge in [-0.3, -0.25) is 0 Å². The Balaban J connectivity index is 1.82. The van der Waals surface area contributed by atoms with E-state index >= 15 is 0 Å². The van der Waals surface area contributed by atoms with E-state index in [1.165, 1.54) is 56.2 Å². The van der Waals surface area contributed by atoms with Gasteiger partial charge in [0.05, 0.1) is 0 Å². The molecule has 0 N–H and O–H groups in total. The molecule has 0 atom stereocenters. The molecule has 1 saturated carbocycles. The highest BCUT2D eigenvalue weighted by Gasteiger charge is 2.23. The fraction of sp³-hybridized carbons (Fsp3) is 0.688. The number of alkyl halides is 1. The van der Waals surface area contributed by atoms with Crippen LogP contribution in [-0.2, 0) is 12.8 Å². The number of halogens is 1. The van der Waals surface area contributed by atoms with Crippen LogP contribution in [0, 0.1) is 0 Å². The Hall–Kier alpha value is -0.760. The number of aryl methyl sites for hydroxylation is 2. The van der Waals surface area contributed by atoms with Gasteiger partial charge in [0.25, 0.3) is 0 Å². The number of aromatic nitrogens is 1. The maximum Gasteiger partial charge on any atom is 0.129 e. The van der Waals surface area contributed by atoms with Crippen LogP contribution < -0.4 is 4.90 Å². The van der Waals surface area contributed by atoms with Crippen molar-refractivity contribution in [1.82, 2.24) is 4.98 Å². The molecule has 1 fully saturated rings. The molecule has 1 heterocycles. The van der Waals surface area contributed by atoms with E-state index in [0.717, 1.165) is 18.8 Å². The fourth-order valence-electron chi connectivity index (χ4n) is 3.54. The van der Waals surface area contributed by atoms with E-state index in [4.69, 9.17) is 16.6 Å². The average Bonchev–Trinajstić information content (AvgIpc) is 2.93. The molecule has 2 aliphatic carbocycles. The molecular weight excluding hydrogens is 256 g/mol. The fourth-order valence-corrected chi connectivity index (χ4v) is 3.72. The Morgan fingerprint density at radius 2 is 1.95 bits per heavy atom. The number of hydrogen-bond acceptors (Lipinski definition) is 2. The van der Waals surface area contributed by atoms with Crippen LogP contribution in [0.25, 0.3) is 0 Å². The van der Waals surface area contributed by atoms with E-state index in [1.807, 2.05) is 0 Å². The minimum absolute atomic E-state index is 0.652. The van der Waals surface area contributed by atoms with Crippen molar-refractivity contribution < 1.29 is 0 Å². The molecule has 104 valence electrons. The van der Waals surface area contributed by atoms with Crippen molar-refractivity contribution in [3.63, 3.8) is 0 Å². The maximum absolute atomic E-state index is 6.01. The predicted molar refractivity (Wildman–Crippen MR) is 81.2 cm³/mol. The van der Waals surface area contributed by atoms with Crippen LogP contribution in [0.5, 0.6) is 0 Å². The number of anilines is 1. The van der Waals surface area contributed by atoms with Crippen molar-refractivity contribution in [2.24, 2.45) is 0 Å². The summed E-state index contributed by atoms with van der Waals surface area (Å²) in [5.74, 6) is 1.85. The zero-order valence-corrected chi connectivity index (χ0v) is 12.3. The largest absolute Gasteiger partial charge is 0.352 e. The Labute approximate surface area is 121 Å². The second kappa shape index (κ2) is 6.13. The quantitative estimate of drug-likeness (QED) is 0.776. The van der Waals surface area contributed by atoms with Crippen molar-refractivity contribution in [1.29, 1.82) is 0 Å². The monoisotopic (exact) mass is 278 g/mol. The lowest BCUT2D eigenvalue weighted by atomic mass is 9.94. The van der Waals surface area contributed by atoms with Crippen LogP contribution in [0.3, 0.4) is 0 Å². The van der Waals surface area contributed by atoms with Gasteiger partial charge in [-0.1, -0.05) is 25.3 Å². The Kier molecular flexibility index (Phi) is 4.27.